The molecule has 0 unspecified atom stereocenters. The molecule has 6 nitrogen and oxygen atoms in total. The molecule has 296 valence electrons. The van der Waals surface area contributed by atoms with Gasteiger partial charge in [-0.25, -0.2) is 15.0 Å². The van der Waals surface area contributed by atoms with Gasteiger partial charge in [-0.05, 0) is 89.2 Å². The molecule has 4 aromatic heterocycles. The standard InChI is InChI=1S/C57H38N6/c1-2-12-39(13-3-1)55-60-56-44-17-8-11-37(31-44)23-24-38-25-29-51(58-35-38)42-16-10-18-46(33-42)63-53-22-7-6-20-48(53)49-28-26-43(34-54(49)63)52-30-27-45(36-59-52)40-14-9-15-41(32-40)47-19-4-5-21-50(47)57(61-55)62-56/h1-22,25-36H,23-24H2. The summed E-state index contributed by atoms with van der Waals surface area (Å²) >= 11 is 0. The van der Waals surface area contributed by atoms with Crippen LogP contribution in [0.2, 0.25) is 0 Å². The topological polar surface area (TPSA) is 69.4 Å². The van der Waals surface area contributed by atoms with E-state index in [-0.39, 0.29) is 0 Å². The van der Waals surface area contributed by atoms with E-state index in [1.165, 1.54) is 21.9 Å². The Bertz CT molecular complexity index is 3500. The molecule has 7 aromatic carbocycles. The Morgan fingerprint density at radius 1 is 0.333 bits per heavy atom. The summed E-state index contributed by atoms with van der Waals surface area (Å²) < 4.78 is 2.37. The first-order valence-electron chi connectivity index (χ1n) is 21.3. The van der Waals surface area contributed by atoms with Crippen molar-refractivity contribution in [2.75, 3.05) is 0 Å². The molecule has 0 radical (unpaired) electrons. The van der Waals surface area contributed by atoms with Gasteiger partial charge in [-0.2, -0.15) is 0 Å². The summed E-state index contributed by atoms with van der Waals surface area (Å²) in [6.07, 6.45) is 5.70. The molecular formula is C57H38N6. The molecule has 6 heteroatoms. The van der Waals surface area contributed by atoms with E-state index < -0.39 is 0 Å². The van der Waals surface area contributed by atoms with Crippen molar-refractivity contribution in [1.29, 1.82) is 0 Å². The van der Waals surface area contributed by atoms with Crippen LogP contribution in [-0.4, -0.2) is 29.5 Å². The molecule has 0 N–H and O–H groups in total. The third kappa shape index (κ3) is 6.75. The number of aryl methyl sites for hydroxylation is 2. The largest absolute Gasteiger partial charge is 0.309 e. The van der Waals surface area contributed by atoms with Crippen molar-refractivity contribution in [2.45, 2.75) is 12.8 Å². The molecule has 0 saturated carbocycles. The summed E-state index contributed by atoms with van der Waals surface area (Å²) in [5.41, 5.74) is 16.8. The maximum Gasteiger partial charge on any atom is 0.164 e. The minimum atomic E-state index is 0.622. The van der Waals surface area contributed by atoms with Crippen molar-refractivity contribution in [1.82, 2.24) is 29.5 Å². The quantitative estimate of drug-likeness (QED) is 0.165. The van der Waals surface area contributed by atoms with Crippen molar-refractivity contribution in [3.63, 3.8) is 0 Å². The van der Waals surface area contributed by atoms with Crippen LogP contribution in [-0.2, 0) is 12.8 Å². The highest BCUT2D eigenvalue weighted by Crippen LogP contribution is 2.38. The Balaban J connectivity index is 1.03. The number of benzene rings is 7. The first kappa shape index (κ1) is 36.5. The fourth-order valence-electron chi connectivity index (χ4n) is 8.98. The van der Waals surface area contributed by atoms with Gasteiger partial charge in [-0.15, -0.1) is 0 Å². The van der Waals surface area contributed by atoms with Gasteiger partial charge in [0.25, 0.3) is 0 Å². The molecule has 0 saturated heterocycles. The third-order valence-electron chi connectivity index (χ3n) is 12.2. The first-order chi connectivity index (χ1) is 31.2. The van der Waals surface area contributed by atoms with Crippen molar-refractivity contribution in [3.05, 3.63) is 218 Å². The molecule has 0 atom stereocenters. The minimum Gasteiger partial charge on any atom is -0.309 e. The van der Waals surface area contributed by atoms with Gasteiger partial charge in [-0.1, -0.05) is 146 Å². The van der Waals surface area contributed by atoms with Crippen LogP contribution < -0.4 is 0 Å². The number of hydrogen-bond donors (Lipinski definition) is 0. The second kappa shape index (κ2) is 15.3. The maximum absolute atomic E-state index is 5.19. The van der Waals surface area contributed by atoms with Crippen LogP contribution in [0, 0.1) is 0 Å². The molecule has 0 amide bonds. The molecule has 3 aliphatic heterocycles. The van der Waals surface area contributed by atoms with Gasteiger partial charge in [0.2, 0.25) is 0 Å². The second-order valence-electron chi connectivity index (χ2n) is 16.1. The number of fused-ring (bicyclic) bond motifs is 4. The van der Waals surface area contributed by atoms with Gasteiger partial charge < -0.3 is 4.57 Å². The molecule has 14 bridgehead atoms. The Labute approximate surface area is 364 Å². The van der Waals surface area contributed by atoms with Crippen molar-refractivity contribution >= 4 is 21.8 Å². The number of para-hydroxylation sites is 1. The van der Waals surface area contributed by atoms with Crippen LogP contribution in [0.15, 0.2) is 207 Å². The SMILES string of the molecule is c1ccc(-c2nc3nc(n2)-c2ccccc2-c2cccc(c2)-c2ccc(nc2)-c2ccc4c5ccccc5n(c4c2)-c2cccc(c2)-c2ccc(cn2)CCc2cccc-3c2)cc1. The summed E-state index contributed by atoms with van der Waals surface area (Å²) in [5.74, 6) is 1.89. The molecule has 63 heavy (non-hydrogen) atoms. The normalized spacial score (nSPS) is 12.0. The van der Waals surface area contributed by atoms with Crippen LogP contribution in [0.1, 0.15) is 11.1 Å². The van der Waals surface area contributed by atoms with Crippen LogP contribution in [0.3, 0.4) is 0 Å². The minimum absolute atomic E-state index is 0.622. The monoisotopic (exact) mass is 806 g/mol. The van der Waals surface area contributed by atoms with Crippen molar-refractivity contribution in [2.24, 2.45) is 0 Å². The molecule has 0 aliphatic carbocycles. The predicted molar refractivity (Wildman–Crippen MR) is 255 cm³/mol. The zero-order valence-corrected chi connectivity index (χ0v) is 34.2. The van der Waals surface area contributed by atoms with Gasteiger partial charge in [-0.3, -0.25) is 9.97 Å². The number of nitrogens with zero attached hydrogens (tertiary/aromatic N) is 6. The fraction of sp³-hybridized carbons (Fsp3) is 0.0351. The molecule has 0 fully saturated rings. The summed E-state index contributed by atoms with van der Waals surface area (Å²) in [7, 11) is 0. The van der Waals surface area contributed by atoms with E-state index in [1.807, 2.05) is 42.7 Å². The van der Waals surface area contributed by atoms with E-state index in [0.29, 0.717) is 17.5 Å². The molecule has 7 heterocycles. The lowest BCUT2D eigenvalue weighted by molar-refractivity contribution is 0.950. The Morgan fingerprint density at radius 2 is 0.968 bits per heavy atom. The average Bonchev–Trinajstić information content (AvgIpc) is 3.70. The molecule has 14 rings (SSSR count). The molecular weight excluding hydrogens is 769 g/mol. The van der Waals surface area contributed by atoms with Gasteiger partial charge in [0.1, 0.15) is 0 Å². The Kier molecular flexibility index (Phi) is 8.85. The summed E-state index contributed by atoms with van der Waals surface area (Å²) in [6, 6.07) is 68.4. The lowest BCUT2D eigenvalue weighted by Crippen LogP contribution is -2.01. The smallest absolute Gasteiger partial charge is 0.164 e. The van der Waals surface area contributed by atoms with Crippen molar-refractivity contribution in [3.8, 4) is 84.6 Å². The van der Waals surface area contributed by atoms with Crippen LogP contribution in [0.25, 0.3) is 106 Å². The van der Waals surface area contributed by atoms with E-state index in [9.17, 15) is 0 Å². The molecule has 3 aliphatic rings. The van der Waals surface area contributed by atoms with Gasteiger partial charge in [0.15, 0.2) is 17.5 Å². The maximum atomic E-state index is 5.19. The lowest BCUT2D eigenvalue weighted by Gasteiger charge is -2.13. The molecule has 0 spiro atoms. The lowest BCUT2D eigenvalue weighted by atomic mass is 9.95. The zero-order valence-electron chi connectivity index (χ0n) is 34.2. The van der Waals surface area contributed by atoms with Crippen LogP contribution in [0.5, 0.6) is 0 Å². The second-order valence-corrected chi connectivity index (χ2v) is 16.1. The van der Waals surface area contributed by atoms with Crippen LogP contribution >= 0.6 is 0 Å². The van der Waals surface area contributed by atoms with Crippen LogP contribution in [0.4, 0.5) is 0 Å². The van der Waals surface area contributed by atoms with E-state index in [4.69, 9.17) is 24.9 Å². The van der Waals surface area contributed by atoms with E-state index in [2.05, 4.69) is 168 Å². The van der Waals surface area contributed by atoms with E-state index in [1.54, 1.807) is 0 Å². The summed E-state index contributed by atoms with van der Waals surface area (Å²) in [5, 5.41) is 2.41. The predicted octanol–water partition coefficient (Wildman–Crippen LogP) is 13.5. The van der Waals surface area contributed by atoms with Gasteiger partial charge in [0, 0.05) is 62.2 Å². The number of pyridine rings is 2. The van der Waals surface area contributed by atoms with Gasteiger partial charge >= 0.3 is 0 Å². The highest BCUT2D eigenvalue weighted by Gasteiger charge is 2.18. The highest BCUT2D eigenvalue weighted by atomic mass is 15.0. The summed E-state index contributed by atoms with van der Waals surface area (Å²) in [4.78, 5) is 25.4. The highest BCUT2D eigenvalue weighted by molar-refractivity contribution is 6.10. The third-order valence-corrected chi connectivity index (χ3v) is 12.2. The number of aromatic nitrogens is 6. The Morgan fingerprint density at radius 3 is 1.83 bits per heavy atom. The number of hydrogen-bond acceptors (Lipinski definition) is 5. The fourth-order valence-corrected chi connectivity index (χ4v) is 8.98. The average molecular weight is 807 g/mol. The summed E-state index contributed by atoms with van der Waals surface area (Å²) in [6.45, 7) is 0. The van der Waals surface area contributed by atoms with E-state index >= 15 is 0 Å². The molecule has 11 aromatic rings. The zero-order chi connectivity index (χ0) is 41.7. The van der Waals surface area contributed by atoms with Gasteiger partial charge in [0.05, 0.1) is 22.4 Å². The number of rotatable bonds is 1. The van der Waals surface area contributed by atoms with E-state index in [0.717, 1.165) is 91.0 Å². The van der Waals surface area contributed by atoms with Crippen molar-refractivity contribution < 1.29 is 0 Å². The Hall–Kier alpha value is -8.35. The first-order valence-corrected chi connectivity index (χ1v) is 21.3.